The number of hydrogen-bond donors (Lipinski definition) is 2. The Balaban J connectivity index is 2.32. The molecule has 0 aliphatic heterocycles. The number of hydrogen-bond acceptors (Lipinski definition) is 4. The molecule has 0 saturated heterocycles. The molecule has 21 heavy (non-hydrogen) atoms. The van der Waals surface area contributed by atoms with Crippen LogP contribution in [-0.4, -0.2) is 28.0 Å². The molecule has 0 radical (unpaired) electrons. The summed E-state index contributed by atoms with van der Waals surface area (Å²) in [6.45, 7) is 6.91. The first-order valence-electron chi connectivity index (χ1n) is 7.56. The first-order chi connectivity index (χ1) is 10.1. The highest BCUT2D eigenvalue weighted by molar-refractivity contribution is 5.81. The van der Waals surface area contributed by atoms with E-state index >= 15 is 0 Å². The minimum Gasteiger partial charge on any atom is -0.374 e. The van der Waals surface area contributed by atoms with Crippen molar-refractivity contribution >= 4 is 10.9 Å². The van der Waals surface area contributed by atoms with Crippen LogP contribution in [0, 0.1) is 0 Å². The molecule has 2 atom stereocenters. The number of aromatic nitrogens is 2. The van der Waals surface area contributed by atoms with Crippen LogP contribution in [0.3, 0.4) is 0 Å². The highest BCUT2D eigenvalue weighted by atomic mass is 16.5. The summed E-state index contributed by atoms with van der Waals surface area (Å²) in [5.74, 6) is 5.80. The van der Waals surface area contributed by atoms with E-state index in [1.165, 1.54) is 5.39 Å². The number of hydrazine groups is 1. The van der Waals surface area contributed by atoms with Gasteiger partial charge in [0.15, 0.2) is 0 Å². The standard InChI is InChI=1S/C16H26N4O/c1-5-16(3,21-6-2)15(18-17)11-13-12-9-7-8-10-14(12)20(4)19-13/h7-10,15,18H,5-6,11,17H2,1-4H3. The largest absolute Gasteiger partial charge is 0.374 e. The predicted molar refractivity (Wildman–Crippen MR) is 85.9 cm³/mol. The van der Waals surface area contributed by atoms with E-state index in [4.69, 9.17) is 10.6 Å². The molecule has 1 heterocycles. The summed E-state index contributed by atoms with van der Waals surface area (Å²) < 4.78 is 7.86. The average molecular weight is 290 g/mol. The van der Waals surface area contributed by atoms with Crippen molar-refractivity contribution in [2.24, 2.45) is 12.9 Å². The summed E-state index contributed by atoms with van der Waals surface area (Å²) in [6.07, 6.45) is 1.63. The number of aryl methyl sites for hydroxylation is 1. The molecule has 2 aromatic rings. The van der Waals surface area contributed by atoms with Crippen molar-refractivity contribution in [3.8, 4) is 0 Å². The van der Waals surface area contributed by atoms with Crippen LogP contribution in [0.5, 0.6) is 0 Å². The molecule has 1 aromatic carbocycles. The van der Waals surface area contributed by atoms with E-state index in [0.29, 0.717) is 6.61 Å². The van der Waals surface area contributed by atoms with Crippen molar-refractivity contribution in [2.75, 3.05) is 6.61 Å². The smallest absolute Gasteiger partial charge is 0.0821 e. The summed E-state index contributed by atoms with van der Waals surface area (Å²) >= 11 is 0. The summed E-state index contributed by atoms with van der Waals surface area (Å²) in [7, 11) is 1.97. The number of para-hydroxylation sites is 1. The monoisotopic (exact) mass is 290 g/mol. The van der Waals surface area contributed by atoms with Crippen LogP contribution in [0.15, 0.2) is 24.3 Å². The molecule has 0 fully saturated rings. The van der Waals surface area contributed by atoms with Crippen LogP contribution < -0.4 is 11.3 Å². The number of fused-ring (bicyclic) bond motifs is 1. The van der Waals surface area contributed by atoms with Gasteiger partial charge in [0.1, 0.15) is 0 Å². The zero-order valence-corrected chi connectivity index (χ0v) is 13.4. The topological polar surface area (TPSA) is 65.1 Å². The molecule has 1 aromatic heterocycles. The lowest BCUT2D eigenvalue weighted by Gasteiger charge is -2.36. The minimum atomic E-state index is -0.303. The van der Waals surface area contributed by atoms with Gasteiger partial charge in [-0.2, -0.15) is 5.10 Å². The van der Waals surface area contributed by atoms with Gasteiger partial charge in [0, 0.05) is 25.5 Å². The van der Waals surface area contributed by atoms with Crippen molar-refractivity contribution in [3.05, 3.63) is 30.0 Å². The second-order valence-electron chi connectivity index (χ2n) is 5.61. The lowest BCUT2D eigenvalue weighted by atomic mass is 9.89. The van der Waals surface area contributed by atoms with Gasteiger partial charge < -0.3 is 4.74 Å². The van der Waals surface area contributed by atoms with Crippen LogP contribution in [0.25, 0.3) is 10.9 Å². The average Bonchev–Trinajstić information content (AvgIpc) is 2.81. The molecular weight excluding hydrogens is 264 g/mol. The van der Waals surface area contributed by atoms with Crippen LogP contribution >= 0.6 is 0 Å². The van der Waals surface area contributed by atoms with Gasteiger partial charge in [-0.15, -0.1) is 0 Å². The van der Waals surface area contributed by atoms with Gasteiger partial charge in [0.2, 0.25) is 0 Å². The molecule has 0 aliphatic rings. The first-order valence-corrected chi connectivity index (χ1v) is 7.56. The number of rotatable bonds is 7. The van der Waals surface area contributed by atoms with E-state index in [1.54, 1.807) is 0 Å². The maximum Gasteiger partial charge on any atom is 0.0821 e. The molecule has 0 amide bonds. The second-order valence-corrected chi connectivity index (χ2v) is 5.61. The molecule has 0 saturated carbocycles. The van der Waals surface area contributed by atoms with Crippen LogP contribution in [-0.2, 0) is 18.2 Å². The van der Waals surface area contributed by atoms with Gasteiger partial charge in [0.25, 0.3) is 0 Å². The van der Waals surface area contributed by atoms with Gasteiger partial charge in [-0.05, 0) is 26.3 Å². The molecule has 2 rings (SSSR count). The van der Waals surface area contributed by atoms with Crippen molar-refractivity contribution in [2.45, 2.75) is 45.3 Å². The molecule has 5 nitrogen and oxygen atoms in total. The summed E-state index contributed by atoms with van der Waals surface area (Å²) in [6, 6.07) is 8.27. The molecule has 2 unspecified atom stereocenters. The number of benzene rings is 1. The zero-order valence-electron chi connectivity index (χ0n) is 13.4. The fourth-order valence-electron chi connectivity index (χ4n) is 2.86. The van der Waals surface area contributed by atoms with Gasteiger partial charge >= 0.3 is 0 Å². The Kier molecular flexibility index (Phi) is 4.98. The molecule has 0 aliphatic carbocycles. The fourth-order valence-corrected chi connectivity index (χ4v) is 2.86. The summed E-state index contributed by atoms with van der Waals surface area (Å²) in [4.78, 5) is 0. The zero-order chi connectivity index (χ0) is 15.5. The van der Waals surface area contributed by atoms with E-state index in [9.17, 15) is 0 Å². The lowest BCUT2D eigenvalue weighted by molar-refractivity contribution is -0.0552. The highest BCUT2D eigenvalue weighted by Gasteiger charge is 2.33. The molecular formula is C16H26N4O. The van der Waals surface area contributed by atoms with Crippen molar-refractivity contribution in [1.29, 1.82) is 0 Å². The van der Waals surface area contributed by atoms with Gasteiger partial charge in [-0.3, -0.25) is 16.0 Å². The second kappa shape index (κ2) is 6.56. The maximum atomic E-state index is 5.95. The van der Waals surface area contributed by atoms with Gasteiger partial charge in [-0.25, -0.2) is 0 Å². The SMILES string of the molecule is CCOC(C)(CC)C(Cc1nn(C)c2ccccc12)NN. The molecule has 116 valence electrons. The number of nitrogens with two attached hydrogens (primary N) is 1. The van der Waals surface area contributed by atoms with E-state index in [-0.39, 0.29) is 11.6 Å². The van der Waals surface area contributed by atoms with Gasteiger partial charge in [-0.1, -0.05) is 25.1 Å². The Bertz CT molecular complexity index is 595. The Morgan fingerprint density at radius 2 is 2.10 bits per heavy atom. The Hall–Kier alpha value is -1.43. The van der Waals surface area contributed by atoms with E-state index in [2.05, 4.69) is 36.5 Å². The number of ether oxygens (including phenoxy) is 1. The molecule has 0 spiro atoms. The Morgan fingerprint density at radius 3 is 2.71 bits per heavy atom. The van der Waals surface area contributed by atoms with Crippen LogP contribution in [0.4, 0.5) is 0 Å². The van der Waals surface area contributed by atoms with Crippen molar-refractivity contribution in [3.63, 3.8) is 0 Å². The maximum absolute atomic E-state index is 5.95. The third kappa shape index (κ3) is 3.10. The molecule has 0 bridgehead atoms. The van der Waals surface area contributed by atoms with E-state index < -0.39 is 0 Å². The fraction of sp³-hybridized carbons (Fsp3) is 0.562. The third-order valence-corrected chi connectivity index (χ3v) is 4.35. The van der Waals surface area contributed by atoms with Crippen molar-refractivity contribution < 1.29 is 4.74 Å². The quantitative estimate of drug-likeness (QED) is 0.606. The summed E-state index contributed by atoms with van der Waals surface area (Å²) in [5.41, 5.74) is 4.81. The molecule has 3 N–H and O–H groups in total. The van der Waals surface area contributed by atoms with E-state index in [1.807, 2.05) is 30.8 Å². The number of nitrogens with zero attached hydrogens (tertiary/aromatic N) is 2. The third-order valence-electron chi connectivity index (χ3n) is 4.35. The molecule has 5 heteroatoms. The predicted octanol–water partition coefficient (Wildman–Crippen LogP) is 2.15. The first kappa shape index (κ1) is 15.9. The van der Waals surface area contributed by atoms with Gasteiger partial charge in [0.05, 0.1) is 22.9 Å². The normalized spacial score (nSPS) is 16.0. The van der Waals surface area contributed by atoms with Crippen LogP contribution in [0.2, 0.25) is 0 Å². The van der Waals surface area contributed by atoms with E-state index in [0.717, 1.165) is 24.1 Å². The van der Waals surface area contributed by atoms with Crippen molar-refractivity contribution in [1.82, 2.24) is 15.2 Å². The minimum absolute atomic E-state index is 0.0146. The highest BCUT2D eigenvalue weighted by Crippen LogP contribution is 2.25. The summed E-state index contributed by atoms with van der Waals surface area (Å²) in [5, 5.41) is 5.83. The Morgan fingerprint density at radius 1 is 1.38 bits per heavy atom. The Labute approximate surface area is 126 Å². The number of nitrogens with one attached hydrogen (secondary N) is 1. The van der Waals surface area contributed by atoms with Crippen LogP contribution in [0.1, 0.15) is 32.9 Å². The lowest BCUT2D eigenvalue weighted by Crippen LogP contribution is -2.54.